The van der Waals surface area contributed by atoms with Gasteiger partial charge >= 0.3 is 0 Å². The van der Waals surface area contributed by atoms with E-state index < -0.39 is 12.2 Å². The van der Waals surface area contributed by atoms with Crippen LogP contribution < -0.4 is 0 Å². The Morgan fingerprint density at radius 1 is 1.65 bits per heavy atom. The molecule has 0 bridgehead atoms. The lowest BCUT2D eigenvalue weighted by Crippen LogP contribution is -2.21. The molecular weight excluding hydrogens is 240 g/mol. The van der Waals surface area contributed by atoms with Crippen LogP contribution in [0.4, 0.5) is 0 Å². The zero-order valence-corrected chi connectivity index (χ0v) is 10.0. The maximum atomic E-state index is 10.7. The number of carbonyl (C=O) groups excluding carboxylic acids is 1. The van der Waals surface area contributed by atoms with Gasteiger partial charge in [0.15, 0.2) is 5.12 Å². The Kier molecular flexibility index (Phi) is 5.10. The van der Waals surface area contributed by atoms with E-state index in [1.54, 1.807) is 0 Å². The standard InChI is InChI=1S/C11H12N2O3S/c1-7(14)17-6-10(15)11(16)8-2-3-13-9(4-8)5-12/h2-4,10-11,15-16H,6H2,1H3. The van der Waals surface area contributed by atoms with Gasteiger partial charge in [0.05, 0.1) is 6.10 Å². The second-order valence-corrected chi connectivity index (χ2v) is 4.60. The summed E-state index contributed by atoms with van der Waals surface area (Å²) in [6.07, 6.45) is -0.795. The minimum absolute atomic E-state index is 0.112. The first-order valence-corrected chi connectivity index (χ1v) is 5.88. The second kappa shape index (κ2) is 6.35. The quantitative estimate of drug-likeness (QED) is 0.816. The molecule has 0 aliphatic rings. The first kappa shape index (κ1) is 13.6. The number of nitriles is 1. The van der Waals surface area contributed by atoms with Crippen molar-refractivity contribution in [2.45, 2.75) is 19.1 Å². The van der Waals surface area contributed by atoms with Gasteiger partial charge in [-0.05, 0) is 17.7 Å². The van der Waals surface area contributed by atoms with E-state index in [0.29, 0.717) is 5.56 Å². The first-order valence-electron chi connectivity index (χ1n) is 4.90. The minimum atomic E-state index is -1.13. The van der Waals surface area contributed by atoms with E-state index in [0.717, 1.165) is 11.8 Å². The molecule has 0 radical (unpaired) electrons. The minimum Gasteiger partial charge on any atom is -0.389 e. The summed E-state index contributed by atoms with van der Waals surface area (Å²) < 4.78 is 0. The van der Waals surface area contributed by atoms with E-state index in [9.17, 15) is 15.0 Å². The van der Waals surface area contributed by atoms with Gasteiger partial charge in [0.2, 0.25) is 0 Å². The van der Waals surface area contributed by atoms with Crippen LogP contribution >= 0.6 is 11.8 Å². The summed E-state index contributed by atoms with van der Waals surface area (Å²) in [6, 6.07) is 4.78. The molecule has 0 aliphatic carbocycles. The number of pyridine rings is 1. The molecule has 1 aromatic heterocycles. The Balaban J connectivity index is 2.71. The van der Waals surface area contributed by atoms with Gasteiger partial charge in [-0.2, -0.15) is 5.26 Å². The summed E-state index contributed by atoms with van der Waals surface area (Å²) in [6.45, 7) is 1.39. The largest absolute Gasteiger partial charge is 0.389 e. The number of hydrogen-bond acceptors (Lipinski definition) is 6. The molecule has 0 saturated heterocycles. The van der Waals surface area contributed by atoms with Crippen molar-refractivity contribution < 1.29 is 15.0 Å². The number of aliphatic hydroxyl groups is 2. The number of aliphatic hydroxyl groups excluding tert-OH is 2. The molecule has 17 heavy (non-hydrogen) atoms. The van der Waals surface area contributed by atoms with Crippen LogP contribution in [0.2, 0.25) is 0 Å². The zero-order valence-electron chi connectivity index (χ0n) is 9.20. The summed E-state index contributed by atoms with van der Waals surface area (Å²) in [5, 5.41) is 28.0. The predicted molar refractivity (Wildman–Crippen MR) is 63.1 cm³/mol. The van der Waals surface area contributed by atoms with E-state index in [4.69, 9.17) is 5.26 Å². The molecule has 6 heteroatoms. The van der Waals surface area contributed by atoms with Crippen molar-refractivity contribution in [2.75, 3.05) is 5.75 Å². The van der Waals surface area contributed by atoms with Crippen molar-refractivity contribution in [3.8, 4) is 6.07 Å². The topological polar surface area (TPSA) is 94.2 Å². The van der Waals surface area contributed by atoms with Crippen molar-refractivity contribution in [2.24, 2.45) is 0 Å². The van der Waals surface area contributed by atoms with Crippen molar-refractivity contribution in [3.63, 3.8) is 0 Å². The summed E-state index contributed by atoms with van der Waals surface area (Å²) >= 11 is 0.943. The zero-order chi connectivity index (χ0) is 12.8. The Morgan fingerprint density at radius 3 is 2.94 bits per heavy atom. The lowest BCUT2D eigenvalue weighted by atomic mass is 10.1. The average Bonchev–Trinajstić information content (AvgIpc) is 2.35. The lowest BCUT2D eigenvalue weighted by molar-refractivity contribution is -0.109. The smallest absolute Gasteiger partial charge is 0.185 e. The Morgan fingerprint density at radius 2 is 2.35 bits per heavy atom. The molecule has 2 unspecified atom stereocenters. The molecule has 2 N–H and O–H groups in total. The van der Waals surface area contributed by atoms with Crippen LogP contribution in [0.1, 0.15) is 24.3 Å². The van der Waals surface area contributed by atoms with Crippen molar-refractivity contribution in [3.05, 3.63) is 29.6 Å². The maximum absolute atomic E-state index is 10.7. The van der Waals surface area contributed by atoms with Gasteiger partial charge in [0.1, 0.15) is 17.9 Å². The molecule has 0 fully saturated rings. The van der Waals surface area contributed by atoms with Gasteiger partial charge in [0.25, 0.3) is 0 Å². The molecule has 1 aromatic rings. The summed E-state index contributed by atoms with van der Waals surface area (Å²) in [4.78, 5) is 14.5. The molecule has 0 saturated carbocycles. The van der Waals surface area contributed by atoms with Gasteiger partial charge in [0, 0.05) is 18.9 Å². The molecule has 5 nitrogen and oxygen atoms in total. The van der Waals surface area contributed by atoms with E-state index in [1.165, 1.54) is 25.3 Å². The molecule has 0 amide bonds. The third-order valence-electron chi connectivity index (χ3n) is 2.06. The molecule has 0 spiro atoms. The van der Waals surface area contributed by atoms with E-state index >= 15 is 0 Å². The molecular formula is C11H12N2O3S. The fraction of sp³-hybridized carbons (Fsp3) is 0.364. The van der Waals surface area contributed by atoms with Crippen molar-refractivity contribution in [1.29, 1.82) is 5.26 Å². The fourth-order valence-corrected chi connectivity index (χ4v) is 1.80. The number of nitrogens with zero attached hydrogens (tertiary/aromatic N) is 2. The van der Waals surface area contributed by atoms with Gasteiger partial charge in [-0.15, -0.1) is 0 Å². The monoisotopic (exact) mass is 252 g/mol. The van der Waals surface area contributed by atoms with Crippen LogP contribution in [-0.4, -0.2) is 32.2 Å². The van der Waals surface area contributed by atoms with Gasteiger partial charge < -0.3 is 10.2 Å². The number of rotatable bonds is 4. The Hall–Kier alpha value is -1.42. The van der Waals surface area contributed by atoms with E-state index in [-0.39, 0.29) is 16.6 Å². The summed E-state index contributed by atoms with van der Waals surface area (Å²) in [5.41, 5.74) is 0.584. The van der Waals surface area contributed by atoms with Gasteiger partial charge in [-0.1, -0.05) is 11.8 Å². The van der Waals surface area contributed by atoms with Crippen LogP contribution in [0.25, 0.3) is 0 Å². The lowest BCUT2D eigenvalue weighted by Gasteiger charge is -2.17. The SMILES string of the molecule is CC(=O)SCC(O)C(O)c1ccnc(C#N)c1. The fourth-order valence-electron chi connectivity index (χ4n) is 1.21. The molecule has 1 rings (SSSR count). The Bertz CT molecular complexity index is 445. The number of aromatic nitrogens is 1. The van der Waals surface area contributed by atoms with Crippen LogP contribution in [0.15, 0.2) is 18.3 Å². The Labute approximate surface area is 103 Å². The normalized spacial score (nSPS) is 13.8. The van der Waals surface area contributed by atoms with Crippen LogP contribution in [0, 0.1) is 11.3 Å². The number of carbonyl (C=O) groups is 1. The summed E-state index contributed by atoms with van der Waals surface area (Å²) in [7, 11) is 0. The summed E-state index contributed by atoms with van der Waals surface area (Å²) in [5.74, 6) is 0.112. The van der Waals surface area contributed by atoms with Crippen molar-refractivity contribution >= 4 is 16.9 Å². The van der Waals surface area contributed by atoms with Gasteiger partial charge in [-0.3, -0.25) is 4.79 Å². The van der Waals surface area contributed by atoms with Crippen LogP contribution in [0.5, 0.6) is 0 Å². The van der Waals surface area contributed by atoms with Gasteiger partial charge in [-0.25, -0.2) is 4.98 Å². The highest BCUT2D eigenvalue weighted by Gasteiger charge is 2.19. The van der Waals surface area contributed by atoms with Crippen LogP contribution in [-0.2, 0) is 4.79 Å². The maximum Gasteiger partial charge on any atom is 0.185 e. The molecule has 0 aromatic carbocycles. The van der Waals surface area contributed by atoms with E-state index in [2.05, 4.69) is 4.98 Å². The van der Waals surface area contributed by atoms with Crippen molar-refractivity contribution in [1.82, 2.24) is 4.98 Å². The highest BCUT2D eigenvalue weighted by Crippen LogP contribution is 2.20. The number of thioether (sulfide) groups is 1. The molecule has 1 heterocycles. The highest BCUT2D eigenvalue weighted by atomic mass is 32.2. The molecule has 0 aliphatic heterocycles. The molecule has 90 valence electrons. The van der Waals surface area contributed by atoms with Crippen LogP contribution in [0.3, 0.4) is 0 Å². The number of hydrogen-bond donors (Lipinski definition) is 2. The first-order chi connectivity index (χ1) is 8.04. The third kappa shape index (κ3) is 4.15. The average molecular weight is 252 g/mol. The predicted octanol–water partition coefficient (Wildman–Crippen LogP) is 0.627. The second-order valence-electron chi connectivity index (χ2n) is 3.40. The van der Waals surface area contributed by atoms with E-state index in [1.807, 2.05) is 6.07 Å². The molecule has 2 atom stereocenters. The third-order valence-corrected chi connectivity index (χ3v) is 2.98. The highest BCUT2D eigenvalue weighted by molar-refractivity contribution is 8.13.